The van der Waals surface area contributed by atoms with Gasteiger partial charge in [0.1, 0.15) is 5.01 Å². The molecule has 0 saturated heterocycles. The molecule has 1 N–H and O–H groups in total. The summed E-state index contributed by atoms with van der Waals surface area (Å²) in [5, 5.41) is 9.95. The van der Waals surface area contributed by atoms with Crippen LogP contribution < -0.4 is 14.2 Å². The zero-order valence-corrected chi connectivity index (χ0v) is 16.7. The van der Waals surface area contributed by atoms with Gasteiger partial charge in [-0.05, 0) is 47.9 Å². The van der Waals surface area contributed by atoms with E-state index in [9.17, 15) is 4.79 Å². The lowest BCUT2D eigenvalue weighted by molar-refractivity contribution is -0.136. The second kappa shape index (κ2) is 8.75. The molecule has 1 aromatic heterocycles. The molecule has 0 saturated carbocycles. The van der Waals surface area contributed by atoms with Gasteiger partial charge >= 0.3 is 5.97 Å². The highest BCUT2D eigenvalue weighted by Crippen LogP contribution is 2.40. The molecule has 0 fully saturated rings. The monoisotopic (exact) mass is 399 g/mol. The van der Waals surface area contributed by atoms with Gasteiger partial charge in [0.15, 0.2) is 11.5 Å². The van der Waals surface area contributed by atoms with Crippen LogP contribution in [0.4, 0.5) is 0 Å². The van der Waals surface area contributed by atoms with E-state index in [4.69, 9.17) is 19.3 Å². The van der Waals surface area contributed by atoms with Crippen molar-refractivity contribution in [1.29, 1.82) is 0 Å². The minimum Gasteiger partial charge on any atom is -0.493 e. The maximum atomic E-state index is 11.1. The Labute approximate surface area is 167 Å². The van der Waals surface area contributed by atoms with Crippen LogP contribution in [0.25, 0.3) is 21.9 Å². The average Bonchev–Trinajstić information content (AvgIpc) is 3.14. The van der Waals surface area contributed by atoms with Gasteiger partial charge < -0.3 is 19.3 Å². The maximum Gasteiger partial charge on any atom is 0.303 e. The van der Waals surface area contributed by atoms with Crippen LogP contribution in [-0.4, -0.2) is 37.4 Å². The lowest BCUT2D eigenvalue weighted by Gasteiger charge is -2.13. The molecule has 0 spiro atoms. The number of nitrogens with zero attached hydrogens (tertiary/aromatic N) is 1. The largest absolute Gasteiger partial charge is 0.493 e. The second-order valence-electron chi connectivity index (χ2n) is 6.01. The predicted molar refractivity (Wildman–Crippen MR) is 110 cm³/mol. The summed E-state index contributed by atoms with van der Waals surface area (Å²) in [5.74, 6) is 0.732. The molecule has 1 heterocycles. The number of carboxylic acid groups (broad SMARTS) is 1. The second-order valence-corrected chi connectivity index (χ2v) is 7.04. The predicted octanol–water partition coefficient (Wildman–Crippen LogP) is 4.73. The van der Waals surface area contributed by atoms with Crippen molar-refractivity contribution >= 4 is 39.2 Å². The third-order valence-electron chi connectivity index (χ3n) is 4.20. The number of carbonyl (C=O) groups is 1. The molecule has 6 nitrogen and oxygen atoms in total. The number of fused-ring (bicyclic) bond motifs is 1. The number of rotatable bonds is 8. The topological polar surface area (TPSA) is 77.9 Å². The summed E-state index contributed by atoms with van der Waals surface area (Å²) in [5.41, 5.74) is 2.56. The molecular weight excluding hydrogens is 378 g/mol. The fraction of sp³-hybridized carbons (Fsp3) is 0.238. The smallest absolute Gasteiger partial charge is 0.303 e. The minimum absolute atomic E-state index is 0.0200. The Bertz CT molecular complexity index is 967. The Morgan fingerprint density at radius 3 is 2.32 bits per heavy atom. The Morgan fingerprint density at radius 2 is 1.75 bits per heavy atom. The Kier molecular flexibility index (Phi) is 6.16. The van der Waals surface area contributed by atoms with Crippen LogP contribution in [0, 0.1) is 0 Å². The molecule has 7 heteroatoms. The van der Waals surface area contributed by atoms with E-state index in [1.807, 2.05) is 42.5 Å². The zero-order chi connectivity index (χ0) is 20.1. The van der Waals surface area contributed by atoms with Gasteiger partial charge in [0.25, 0.3) is 0 Å². The number of ether oxygens (including phenoxy) is 3. The summed E-state index contributed by atoms with van der Waals surface area (Å²) in [4.78, 5) is 15.8. The first kappa shape index (κ1) is 19.7. The molecule has 2 aromatic carbocycles. The summed E-state index contributed by atoms with van der Waals surface area (Å²) in [6.45, 7) is 0. The minimum atomic E-state index is -0.850. The van der Waals surface area contributed by atoms with Crippen LogP contribution in [0.2, 0.25) is 0 Å². The van der Waals surface area contributed by atoms with Crippen molar-refractivity contribution in [2.45, 2.75) is 12.8 Å². The van der Waals surface area contributed by atoms with Crippen LogP contribution in [0.1, 0.15) is 23.4 Å². The third kappa shape index (κ3) is 4.26. The van der Waals surface area contributed by atoms with Crippen molar-refractivity contribution in [3.05, 3.63) is 47.0 Å². The van der Waals surface area contributed by atoms with Gasteiger partial charge in [-0.15, -0.1) is 11.3 Å². The number of allylic oxidation sites excluding steroid dienone is 1. The molecular formula is C21H21NO5S. The first-order valence-corrected chi connectivity index (χ1v) is 9.45. The molecule has 0 atom stereocenters. The van der Waals surface area contributed by atoms with Crippen molar-refractivity contribution in [2.24, 2.45) is 0 Å². The van der Waals surface area contributed by atoms with Gasteiger partial charge in [0.05, 0.1) is 31.5 Å². The van der Waals surface area contributed by atoms with Crippen molar-refractivity contribution in [2.75, 3.05) is 21.3 Å². The number of aliphatic carboxylic acids is 1. The van der Waals surface area contributed by atoms with Gasteiger partial charge in [-0.2, -0.15) is 0 Å². The number of para-hydroxylation sites is 1. The molecule has 3 rings (SSSR count). The van der Waals surface area contributed by atoms with E-state index in [2.05, 4.69) is 4.98 Å². The lowest BCUT2D eigenvalue weighted by Crippen LogP contribution is -1.97. The molecule has 0 radical (unpaired) electrons. The number of hydrogen-bond acceptors (Lipinski definition) is 6. The van der Waals surface area contributed by atoms with Crippen LogP contribution in [0.3, 0.4) is 0 Å². The van der Waals surface area contributed by atoms with Crippen LogP contribution >= 0.6 is 11.3 Å². The highest BCUT2D eigenvalue weighted by atomic mass is 32.1. The van der Waals surface area contributed by atoms with E-state index >= 15 is 0 Å². The highest BCUT2D eigenvalue weighted by molar-refractivity contribution is 7.19. The van der Waals surface area contributed by atoms with E-state index in [0.29, 0.717) is 23.7 Å². The van der Waals surface area contributed by atoms with E-state index in [1.54, 1.807) is 32.7 Å². The molecule has 0 aliphatic carbocycles. The number of benzene rings is 2. The van der Waals surface area contributed by atoms with Crippen LogP contribution in [-0.2, 0) is 4.79 Å². The number of aromatic nitrogens is 1. The Balaban J connectivity index is 2.09. The van der Waals surface area contributed by atoms with E-state index < -0.39 is 5.97 Å². The molecule has 0 aliphatic rings. The highest BCUT2D eigenvalue weighted by Gasteiger charge is 2.15. The van der Waals surface area contributed by atoms with Gasteiger partial charge in [-0.1, -0.05) is 12.1 Å². The number of methoxy groups -OCH3 is 3. The number of carboxylic acids is 1. The Morgan fingerprint density at radius 1 is 1.07 bits per heavy atom. The molecule has 0 unspecified atom stereocenters. The standard InChI is InChI=1S/C21H21NO5S/c1-25-16-11-13(12-17(26-2)20(16)27-3)10-14(8-9-19(23)24)21-22-15-6-4-5-7-18(15)28-21/h4-7,10-12H,8-9H2,1-3H3,(H,23,24). The van der Waals surface area contributed by atoms with Crippen molar-refractivity contribution in [3.8, 4) is 17.2 Å². The van der Waals surface area contributed by atoms with Crippen LogP contribution in [0.5, 0.6) is 17.2 Å². The number of thiazole rings is 1. The summed E-state index contributed by atoms with van der Waals surface area (Å²) in [6.07, 6.45) is 2.31. The van der Waals surface area contributed by atoms with E-state index in [1.165, 1.54) is 0 Å². The SMILES string of the molecule is COc1cc(C=C(CCC(=O)O)c2nc3ccccc3s2)cc(OC)c1OC. The normalized spacial score (nSPS) is 11.5. The quantitative estimate of drug-likeness (QED) is 0.590. The third-order valence-corrected chi connectivity index (χ3v) is 5.32. The fourth-order valence-electron chi connectivity index (χ4n) is 2.88. The van der Waals surface area contributed by atoms with Gasteiger partial charge in [-0.25, -0.2) is 4.98 Å². The summed E-state index contributed by atoms with van der Waals surface area (Å²) in [7, 11) is 4.67. The summed E-state index contributed by atoms with van der Waals surface area (Å²) < 4.78 is 17.2. The van der Waals surface area contributed by atoms with Gasteiger partial charge in [-0.3, -0.25) is 4.79 Å². The lowest BCUT2D eigenvalue weighted by atomic mass is 10.1. The first-order chi connectivity index (χ1) is 13.5. The summed E-state index contributed by atoms with van der Waals surface area (Å²) in [6, 6.07) is 11.5. The zero-order valence-electron chi connectivity index (χ0n) is 15.9. The van der Waals surface area contributed by atoms with Crippen molar-refractivity contribution < 1.29 is 24.1 Å². The van der Waals surface area contributed by atoms with E-state index in [0.717, 1.165) is 26.4 Å². The molecule has 146 valence electrons. The summed E-state index contributed by atoms with van der Waals surface area (Å²) >= 11 is 1.54. The van der Waals surface area contributed by atoms with Crippen molar-refractivity contribution in [3.63, 3.8) is 0 Å². The maximum absolute atomic E-state index is 11.1. The average molecular weight is 399 g/mol. The van der Waals surface area contributed by atoms with E-state index in [-0.39, 0.29) is 6.42 Å². The van der Waals surface area contributed by atoms with Crippen LogP contribution in [0.15, 0.2) is 36.4 Å². The molecule has 28 heavy (non-hydrogen) atoms. The van der Waals surface area contributed by atoms with Gasteiger partial charge in [0, 0.05) is 6.42 Å². The number of hydrogen-bond donors (Lipinski definition) is 1. The molecule has 3 aromatic rings. The Hall–Kier alpha value is -3.06. The molecule has 0 bridgehead atoms. The van der Waals surface area contributed by atoms with Gasteiger partial charge in [0.2, 0.25) is 5.75 Å². The first-order valence-electron chi connectivity index (χ1n) is 8.64. The van der Waals surface area contributed by atoms with Crippen molar-refractivity contribution in [1.82, 2.24) is 4.98 Å². The molecule has 0 aliphatic heterocycles. The fourth-order valence-corrected chi connectivity index (χ4v) is 3.89. The molecule has 0 amide bonds.